The van der Waals surface area contributed by atoms with E-state index in [2.05, 4.69) is 15.9 Å². The van der Waals surface area contributed by atoms with Gasteiger partial charge in [-0.25, -0.2) is 4.57 Å². The first-order valence-electron chi connectivity index (χ1n) is 9.13. The number of rotatable bonds is 8. The minimum Gasteiger partial charge on any atom is -0.493 e. The molecule has 1 aromatic carbocycles. The molecular formula is C20H23BrNO6S+. The van der Waals surface area contributed by atoms with Crippen molar-refractivity contribution in [3.8, 4) is 11.5 Å². The maximum Gasteiger partial charge on any atom is 0.265 e. The second-order valence-electron chi connectivity index (χ2n) is 7.03. The van der Waals surface area contributed by atoms with Crippen molar-refractivity contribution in [1.29, 1.82) is 0 Å². The zero-order chi connectivity index (χ0) is 21.2. The standard InChI is InChI=1S/C20H22BrNO6S/c1-27-18-10-14-9-15(20(23)16(14)11-19(18)28-2)8-13-4-6-22(12-17(13)21)5-3-7-29(24,25)26/h4,6,10-12,15H,3,5,7-9H2,1-2H3/p+1. The molecule has 1 aliphatic rings. The van der Waals surface area contributed by atoms with Gasteiger partial charge in [-0.2, -0.15) is 8.42 Å². The largest absolute Gasteiger partial charge is 0.493 e. The molecule has 0 radical (unpaired) electrons. The second kappa shape index (κ2) is 8.81. The van der Waals surface area contributed by atoms with Crippen LogP contribution in [-0.2, 0) is 29.5 Å². The second-order valence-corrected chi connectivity index (χ2v) is 9.46. The van der Waals surface area contributed by atoms with Crippen LogP contribution in [0.1, 0.15) is 27.9 Å². The monoisotopic (exact) mass is 484 g/mol. The van der Waals surface area contributed by atoms with Crippen molar-refractivity contribution < 1.29 is 31.8 Å². The Hall–Kier alpha value is -1.97. The summed E-state index contributed by atoms with van der Waals surface area (Å²) in [5.41, 5.74) is 2.64. The number of fused-ring (bicyclic) bond motifs is 1. The van der Waals surface area contributed by atoms with Gasteiger partial charge >= 0.3 is 0 Å². The molecule has 0 fully saturated rings. The van der Waals surface area contributed by atoms with Crippen molar-refractivity contribution in [2.45, 2.75) is 25.8 Å². The van der Waals surface area contributed by atoms with Crippen molar-refractivity contribution in [3.05, 3.63) is 51.8 Å². The minimum atomic E-state index is -3.95. The van der Waals surface area contributed by atoms with Gasteiger partial charge in [-0.05, 0) is 52.0 Å². The third-order valence-electron chi connectivity index (χ3n) is 5.05. The summed E-state index contributed by atoms with van der Waals surface area (Å²) in [6, 6.07) is 5.55. The fourth-order valence-electron chi connectivity index (χ4n) is 3.60. The third kappa shape index (κ3) is 5.15. The van der Waals surface area contributed by atoms with E-state index in [1.165, 1.54) is 0 Å². The molecule has 7 nitrogen and oxygen atoms in total. The molecule has 0 spiro atoms. The summed E-state index contributed by atoms with van der Waals surface area (Å²) < 4.78 is 43.8. The number of nitrogens with zero attached hydrogens (tertiary/aromatic N) is 1. The van der Waals surface area contributed by atoms with Gasteiger partial charge in [-0.3, -0.25) is 9.35 Å². The molecule has 0 saturated carbocycles. The van der Waals surface area contributed by atoms with E-state index in [1.807, 2.05) is 29.1 Å². The van der Waals surface area contributed by atoms with Crippen LogP contribution in [0.4, 0.5) is 0 Å². The molecule has 0 amide bonds. The van der Waals surface area contributed by atoms with Crippen molar-refractivity contribution in [1.82, 2.24) is 0 Å². The predicted octanol–water partition coefficient (Wildman–Crippen LogP) is 2.63. The Bertz CT molecular complexity index is 1040. The molecule has 3 rings (SSSR count). The first-order valence-corrected chi connectivity index (χ1v) is 11.5. The van der Waals surface area contributed by atoms with Gasteiger partial charge in [-0.1, -0.05) is 0 Å². The maximum absolute atomic E-state index is 12.9. The van der Waals surface area contributed by atoms with Gasteiger partial charge in [-0.15, -0.1) is 0 Å². The van der Waals surface area contributed by atoms with Gasteiger partial charge in [0.05, 0.1) is 24.4 Å². The lowest BCUT2D eigenvalue weighted by molar-refractivity contribution is -0.697. The number of benzene rings is 1. The van der Waals surface area contributed by atoms with Crippen LogP contribution in [0.25, 0.3) is 0 Å². The lowest BCUT2D eigenvalue weighted by Gasteiger charge is -2.09. The molecule has 1 N–H and O–H groups in total. The molecule has 1 aromatic heterocycles. The molecule has 9 heteroatoms. The molecular weight excluding hydrogens is 462 g/mol. The Morgan fingerprint density at radius 3 is 2.55 bits per heavy atom. The molecule has 1 unspecified atom stereocenters. The smallest absolute Gasteiger partial charge is 0.265 e. The van der Waals surface area contributed by atoms with Gasteiger partial charge in [0.1, 0.15) is 6.54 Å². The number of aryl methyl sites for hydroxylation is 1. The number of Topliss-reactive ketones (excluding diaryl/α,β-unsaturated/α-hetero) is 1. The highest BCUT2D eigenvalue weighted by Gasteiger charge is 2.32. The summed E-state index contributed by atoms with van der Waals surface area (Å²) in [7, 11) is -0.828. The zero-order valence-electron chi connectivity index (χ0n) is 16.2. The average molecular weight is 485 g/mol. The minimum absolute atomic E-state index is 0.0951. The Morgan fingerprint density at radius 2 is 1.93 bits per heavy atom. The van der Waals surface area contributed by atoms with Gasteiger partial charge in [0, 0.05) is 24.0 Å². The lowest BCUT2D eigenvalue weighted by atomic mass is 9.96. The molecule has 29 heavy (non-hydrogen) atoms. The third-order valence-corrected chi connectivity index (χ3v) is 6.57. The van der Waals surface area contributed by atoms with Gasteiger partial charge in [0.25, 0.3) is 10.1 Å². The van der Waals surface area contributed by atoms with Crippen LogP contribution in [0.5, 0.6) is 11.5 Å². The molecule has 156 valence electrons. The summed E-state index contributed by atoms with van der Waals surface area (Å²) in [6.07, 6.45) is 5.25. The number of methoxy groups -OCH3 is 2. The fraction of sp³-hybridized carbons (Fsp3) is 0.400. The van der Waals surface area contributed by atoms with E-state index in [1.54, 1.807) is 20.3 Å². The highest BCUT2D eigenvalue weighted by molar-refractivity contribution is 9.10. The molecule has 1 heterocycles. The van der Waals surface area contributed by atoms with Crippen LogP contribution in [0.2, 0.25) is 0 Å². The number of halogens is 1. The Morgan fingerprint density at radius 1 is 1.24 bits per heavy atom. The van der Waals surface area contributed by atoms with Crippen LogP contribution in [0.3, 0.4) is 0 Å². The lowest BCUT2D eigenvalue weighted by Crippen LogP contribution is -2.34. The van der Waals surface area contributed by atoms with E-state index in [0.29, 0.717) is 42.9 Å². The summed E-state index contributed by atoms with van der Waals surface area (Å²) in [5.74, 6) is 0.825. The summed E-state index contributed by atoms with van der Waals surface area (Å²) in [5, 5.41) is 0. The van der Waals surface area contributed by atoms with Crippen LogP contribution < -0.4 is 14.0 Å². The first-order chi connectivity index (χ1) is 13.7. The average Bonchev–Trinajstić information content (AvgIpc) is 2.96. The van der Waals surface area contributed by atoms with Crippen molar-refractivity contribution in [3.63, 3.8) is 0 Å². The number of ether oxygens (including phenoxy) is 2. The topological polar surface area (TPSA) is 93.8 Å². The fourth-order valence-corrected chi connectivity index (χ4v) is 4.65. The molecule has 0 saturated heterocycles. The molecule has 1 aliphatic carbocycles. The highest BCUT2D eigenvalue weighted by Crippen LogP contribution is 2.38. The normalized spacial score (nSPS) is 16.0. The summed E-state index contributed by atoms with van der Waals surface area (Å²) in [4.78, 5) is 12.9. The van der Waals surface area contributed by atoms with E-state index < -0.39 is 10.1 Å². The van der Waals surface area contributed by atoms with E-state index in [0.717, 1.165) is 15.6 Å². The molecule has 0 aliphatic heterocycles. The highest BCUT2D eigenvalue weighted by atomic mass is 79.9. The van der Waals surface area contributed by atoms with Crippen LogP contribution in [0, 0.1) is 5.92 Å². The number of carbonyl (C=O) groups is 1. The van der Waals surface area contributed by atoms with Crippen LogP contribution in [0.15, 0.2) is 35.1 Å². The number of ketones is 1. The van der Waals surface area contributed by atoms with Crippen LogP contribution in [-0.4, -0.2) is 38.7 Å². The SMILES string of the molecule is COc1cc2c(cc1OC)C(=O)C(Cc1cc[n+](CCCS(=O)(=O)O)cc1Br)C2. The van der Waals surface area contributed by atoms with Crippen molar-refractivity contribution in [2.75, 3.05) is 20.0 Å². The number of carbonyl (C=O) groups excluding carboxylic acids is 1. The maximum atomic E-state index is 12.9. The number of aromatic nitrogens is 1. The molecule has 1 atom stereocenters. The van der Waals surface area contributed by atoms with E-state index >= 15 is 0 Å². The Kier molecular flexibility index (Phi) is 6.60. The van der Waals surface area contributed by atoms with E-state index in [-0.39, 0.29) is 17.5 Å². The van der Waals surface area contributed by atoms with E-state index in [9.17, 15) is 13.2 Å². The molecule has 2 aromatic rings. The summed E-state index contributed by atoms with van der Waals surface area (Å²) in [6.45, 7) is 0.464. The predicted molar refractivity (Wildman–Crippen MR) is 110 cm³/mol. The van der Waals surface area contributed by atoms with Crippen molar-refractivity contribution >= 4 is 31.8 Å². The quantitative estimate of drug-likeness (QED) is 0.457. The zero-order valence-corrected chi connectivity index (χ0v) is 18.6. The van der Waals surface area contributed by atoms with E-state index in [4.69, 9.17) is 14.0 Å². The number of hydrogen-bond acceptors (Lipinski definition) is 5. The first kappa shape index (κ1) is 21.7. The summed E-state index contributed by atoms with van der Waals surface area (Å²) >= 11 is 3.55. The molecule has 0 bridgehead atoms. The Labute approximate surface area is 178 Å². The van der Waals surface area contributed by atoms with Gasteiger partial charge in [0.2, 0.25) is 0 Å². The number of hydrogen-bond donors (Lipinski definition) is 1. The number of pyridine rings is 1. The van der Waals surface area contributed by atoms with Gasteiger partial charge in [0.15, 0.2) is 29.7 Å². The van der Waals surface area contributed by atoms with Gasteiger partial charge < -0.3 is 9.47 Å². The van der Waals surface area contributed by atoms with Crippen molar-refractivity contribution in [2.24, 2.45) is 5.92 Å². The van der Waals surface area contributed by atoms with Crippen LogP contribution >= 0.6 is 15.9 Å². The Balaban J connectivity index is 1.71.